The number of tetrazole rings is 1. The normalized spacial score (nSPS) is 11.9. The number of pyridine rings is 1. The molecule has 1 aromatic carbocycles. The van der Waals surface area contributed by atoms with Gasteiger partial charge in [-0.1, -0.05) is 13.0 Å². The SMILES string of the molecule is COc1cc(CNC(=O)c2cc(-c3nnn(C[C@@H](C)CO)n3)cc(C)n2)ccc1F. The number of benzene rings is 1. The second-order valence-electron chi connectivity index (χ2n) is 6.99. The number of carbonyl (C=O) groups is 1. The third kappa shape index (κ3) is 5.15. The summed E-state index contributed by atoms with van der Waals surface area (Å²) in [5.74, 6) is -0.376. The van der Waals surface area contributed by atoms with Crippen LogP contribution in [0.3, 0.4) is 0 Å². The molecule has 0 aliphatic heterocycles. The number of methoxy groups -OCH3 is 1. The van der Waals surface area contributed by atoms with Gasteiger partial charge in [-0.2, -0.15) is 4.80 Å². The first-order valence-corrected chi connectivity index (χ1v) is 9.38. The minimum atomic E-state index is -0.466. The lowest BCUT2D eigenvalue weighted by Crippen LogP contribution is -2.24. The van der Waals surface area contributed by atoms with Gasteiger partial charge < -0.3 is 15.2 Å². The van der Waals surface area contributed by atoms with Crippen LogP contribution < -0.4 is 10.1 Å². The van der Waals surface area contributed by atoms with Gasteiger partial charge in [-0.3, -0.25) is 4.79 Å². The molecule has 30 heavy (non-hydrogen) atoms. The van der Waals surface area contributed by atoms with E-state index >= 15 is 0 Å². The first kappa shape index (κ1) is 21.3. The van der Waals surface area contributed by atoms with Crippen molar-refractivity contribution in [2.45, 2.75) is 26.9 Å². The van der Waals surface area contributed by atoms with Crippen LogP contribution in [-0.2, 0) is 13.1 Å². The summed E-state index contributed by atoms with van der Waals surface area (Å²) in [6.07, 6.45) is 0. The van der Waals surface area contributed by atoms with Crippen molar-refractivity contribution in [3.63, 3.8) is 0 Å². The van der Waals surface area contributed by atoms with Crippen molar-refractivity contribution in [1.29, 1.82) is 0 Å². The third-order valence-corrected chi connectivity index (χ3v) is 4.35. The maximum absolute atomic E-state index is 13.5. The summed E-state index contributed by atoms with van der Waals surface area (Å²) in [5.41, 5.74) is 2.14. The van der Waals surface area contributed by atoms with Crippen molar-refractivity contribution in [2.75, 3.05) is 13.7 Å². The Morgan fingerprint density at radius 1 is 1.33 bits per heavy atom. The number of aryl methyl sites for hydroxylation is 1. The van der Waals surface area contributed by atoms with E-state index in [0.29, 0.717) is 29.2 Å². The fourth-order valence-electron chi connectivity index (χ4n) is 2.77. The molecule has 2 heterocycles. The van der Waals surface area contributed by atoms with Crippen LogP contribution in [0, 0.1) is 18.7 Å². The van der Waals surface area contributed by atoms with E-state index in [1.807, 2.05) is 6.92 Å². The second-order valence-corrected chi connectivity index (χ2v) is 6.99. The van der Waals surface area contributed by atoms with Crippen LogP contribution in [0.25, 0.3) is 11.4 Å². The van der Waals surface area contributed by atoms with E-state index in [2.05, 4.69) is 25.7 Å². The average Bonchev–Trinajstić information content (AvgIpc) is 3.20. The Kier molecular flexibility index (Phi) is 6.68. The number of aliphatic hydroxyl groups excluding tert-OH is 1. The van der Waals surface area contributed by atoms with Crippen molar-refractivity contribution < 1.29 is 19.0 Å². The Bertz CT molecular complexity index is 1040. The highest BCUT2D eigenvalue weighted by atomic mass is 19.1. The van der Waals surface area contributed by atoms with Gasteiger partial charge in [-0.25, -0.2) is 9.37 Å². The maximum atomic E-state index is 13.5. The standard InChI is InChI=1S/C20H23FN6O3/c1-12(11-28)10-27-25-19(24-26-27)15-6-13(2)23-17(8-15)20(29)22-9-14-4-5-16(21)18(7-14)30-3/h4-8,12,28H,9-11H2,1-3H3,(H,22,29)/t12-/m1/s1. The van der Waals surface area contributed by atoms with E-state index in [1.54, 1.807) is 25.1 Å². The number of halogens is 1. The summed E-state index contributed by atoms with van der Waals surface area (Å²) in [7, 11) is 1.38. The average molecular weight is 414 g/mol. The molecule has 1 amide bonds. The van der Waals surface area contributed by atoms with Gasteiger partial charge in [0.15, 0.2) is 11.6 Å². The maximum Gasteiger partial charge on any atom is 0.270 e. The number of hydrogen-bond acceptors (Lipinski definition) is 7. The molecule has 0 aliphatic rings. The quantitative estimate of drug-likeness (QED) is 0.577. The van der Waals surface area contributed by atoms with Gasteiger partial charge in [-0.15, -0.1) is 10.2 Å². The fourth-order valence-corrected chi connectivity index (χ4v) is 2.77. The molecule has 0 radical (unpaired) electrons. The predicted molar refractivity (Wildman–Crippen MR) is 106 cm³/mol. The van der Waals surface area contributed by atoms with Crippen LogP contribution in [-0.4, -0.2) is 49.9 Å². The number of nitrogens with zero attached hydrogens (tertiary/aromatic N) is 5. The summed E-state index contributed by atoms with van der Waals surface area (Å²) in [5, 5.41) is 24.2. The largest absolute Gasteiger partial charge is 0.494 e. The third-order valence-electron chi connectivity index (χ3n) is 4.35. The van der Waals surface area contributed by atoms with Gasteiger partial charge in [-0.05, 0) is 42.0 Å². The van der Waals surface area contributed by atoms with Crippen LogP contribution in [0.1, 0.15) is 28.7 Å². The van der Waals surface area contributed by atoms with E-state index in [0.717, 1.165) is 0 Å². The molecular weight excluding hydrogens is 391 g/mol. The predicted octanol–water partition coefficient (Wildman–Crippen LogP) is 1.75. The van der Waals surface area contributed by atoms with Crippen molar-refractivity contribution in [1.82, 2.24) is 30.5 Å². The molecule has 0 fully saturated rings. The smallest absolute Gasteiger partial charge is 0.270 e. The van der Waals surface area contributed by atoms with E-state index in [9.17, 15) is 9.18 Å². The van der Waals surface area contributed by atoms with Crippen LogP contribution in [0.2, 0.25) is 0 Å². The van der Waals surface area contributed by atoms with Gasteiger partial charge in [0.1, 0.15) is 5.69 Å². The van der Waals surface area contributed by atoms with Gasteiger partial charge in [0.2, 0.25) is 5.82 Å². The molecule has 10 heteroatoms. The summed E-state index contributed by atoms with van der Waals surface area (Å²) < 4.78 is 18.5. The molecule has 2 N–H and O–H groups in total. The van der Waals surface area contributed by atoms with E-state index in [-0.39, 0.29) is 36.4 Å². The zero-order valence-corrected chi connectivity index (χ0v) is 17.0. The molecule has 0 aliphatic carbocycles. The zero-order valence-electron chi connectivity index (χ0n) is 17.0. The summed E-state index contributed by atoms with van der Waals surface area (Å²) >= 11 is 0. The first-order valence-electron chi connectivity index (χ1n) is 9.38. The minimum Gasteiger partial charge on any atom is -0.494 e. The highest BCUT2D eigenvalue weighted by Gasteiger charge is 2.14. The monoisotopic (exact) mass is 414 g/mol. The fraction of sp³-hybridized carbons (Fsp3) is 0.350. The molecule has 158 valence electrons. The molecule has 0 unspecified atom stereocenters. The first-order chi connectivity index (χ1) is 14.4. The van der Waals surface area contributed by atoms with Crippen molar-refractivity contribution in [3.05, 3.63) is 53.1 Å². The molecule has 3 aromatic rings. The van der Waals surface area contributed by atoms with E-state index < -0.39 is 5.82 Å². The van der Waals surface area contributed by atoms with Gasteiger partial charge in [0, 0.05) is 30.3 Å². The Morgan fingerprint density at radius 2 is 2.13 bits per heavy atom. The van der Waals surface area contributed by atoms with Crippen LogP contribution >= 0.6 is 0 Å². The van der Waals surface area contributed by atoms with Crippen LogP contribution in [0.5, 0.6) is 5.75 Å². The Morgan fingerprint density at radius 3 is 2.87 bits per heavy atom. The van der Waals surface area contributed by atoms with Crippen molar-refractivity contribution in [2.24, 2.45) is 5.92 Å². The molecule has 9 nitrogen and oxygen atoms in total. The van der Waals surface area contributed by atoms with Crippen LogP contribution in [0.4, 0.5) is 4.39 Å². The Balaban J connectivity index is 1.74. The highest BCUT2D eigenvalue weighted by molar-refractivity contribution is 5.93. The molecule has 1 atom stereocenters. The highest BCUT2D eigenvalue weighted by Crippen LogP contribution is 2.19. The minimum absolute atomic E-state index is 0.00218. The lowest BCUT2D eigenvalue weighted by atomic mass is 10.1. The van der Waals surface area contributed by atoms with Gasteiger partial charge in [0.25, 0.3) is 5.91 Å². The summed E-state index contributed by atoms with van der Waals surface area (Å²) in [4.78, 5) is 18.3. The van der Waals surface area contributed by atoms with E-state index in [4.69, 9.17) is 9.84 Å². The number of hydrogen-bond donors (Lipinski definition) is 2. The molecule has 2 aromatic heterocycles. The Hall–Kier alpha value is -3.40. The number of carbonyl (C=O) groups excluding carboxylic acids is 1. The number of aromatic nitrogens is 5. The van der Waals surface area contributed by atoms with Gasteiger partial charge in [0.05, 0.1) is 13.7 Å². The zero-order chi connectivity index (χ0) is 21.7. The summed E-state index contributed by atoms with van der Waals surface area (Å²) in [6.45, 7) is 4.29. The van der Waals surface area contributed by atoms with Crippen molar-refractivity contribution >= 4 is 5.91 Å². The summed E-state index contributed by atoms with van der Waals surface area (Å²) in [6, 6.07) is 7.74. The number of rotatable bonds is 8. The topological polar surface area (TPSA) is 115 Å². The molecule has 3 rings (SSSR count). The molecule has 0 saturated heterocycles. The Labute approximate surface area is 172 Å². The lowest BCUT2D eigenvalue weighted by Gasteiger charge is -2.08. The second kappa shape index (κ2) is 9.40. The van der Waals surface area contributed by atoms with Crippen molar-refractivity contribution in [3.8, 4) is 17.1 Å². The number of nitrogens with one attached hydrogen (secondary N) is 1. The number of aliphatic hydroxyl groups is 1. The van der Waals surface area contributed by atoms with Gasteiger partial charge >= 0.3 is 0 Å². The number of ether oxygens (including phenoxy) is 1. The number of amides is 1. The molecule has 0 spiro atoms. The molecular formula is C20H23FN6O3. The molecule has 0 bridgehead atoms. The van der Waals surface area contributed by atoms with E-state index in [1.165, 1.54) is 24.0 Å². The molecule has 0 saturated carbocycles. The van der Waals surface area contributed by atoms with Crippen LogP contribution in [0.15, 0.2) is 30.3 Å². The lowest BCUT2D eigenvalue weighted by molar-refractivity contribution is 0.0945.